The van der Waals surface area contributed by atoms with Gasteiger partial charge in [-0.2, -0.15) is 0 Å². The van der Waals surface area contributed by atoms with E-state index in [0.717, 1.165) is 11.9 Å². The highest BCUT2D eigenvalue weighted by Crippen LogP contribution is 2.04. The van der Waals surface area contributed by atoms with Gasteiger partial charge < -0.3 is 9.64 Å². The normalized spacial score (nSPS) is 11.6. The summed E-state index contributed by atoms with van der Waals surface area (Å²) in [6.07, 6.45) is 3.66. The van der Waals surface area contributed by atoms with Gasteiger partial charge in [-0.15, -0.1) is 0 Å². The van der Waals surface area contributed by atoms with E-state index in [9.17, 15) is 0 Å². The molecule has 0 aromatic rings. The maximum atomic E-state index is 5.04. The van der Waals surface area contributed by atoms with Crippen molar-refractivity contribution in [3.05, 3.63) is 0 Å². The van der Waals surface area contributed by atoms with Crippen LogP contribution in [0.3, 0.4) is 0 Å². The zero-order valence-corrected chi connectivity index (χ0v) is 11.3. The van der Waals surface area contributed by atoms with E-state index in [-0.39, 0.29) is 0 Å². The highest BCUT2D eigenvalue weighted by Gasteiger charge is 2.07. The smallest absolute Gasteiger partial charge is 0.0462 e. The molecule has 0 aliphatic heterocycles. The number of hydrogen-bond donors (Lipinski definition) is 0. The predicted octanol–water partition coefficient (Wildman–Crippen LogP) is 2.91. The molecule has 0 aliphatic carbocycles. The van der Waals surface area contributed by atoms with Crippen molar-refractivity contribution in [2.24, 2.45) is 0 Å². The van der Waals surface area contributed by atoms with Gasteiger partial charge in [0.1, 0.15) is 0 Å². The van der Waals surface area contributed by atoms with Gasteiger partial charge in [0.15, 0.2) is 0 Å². The van der Waals surface area contributed by atoms with Crippen LogP contribution in [0.1, 0.15) is 33.1 Å². The Morgan fingerprint density at radius 1 is 1.14 bits per heavy atom. The summed E-state index contributed by atoms with van der Waals surface area (Å²) >= 11 is 3.47. The number of rotatable bonds is 9. The van der Waals surface area contributed by atoms with Gasteiger partial charge in [0, 0.05) is 25.1 Å². The van der Waals surface area contributed by atoms with Crippen LogP contribution in [0.25, 0.3) is 0 Å². The van der Waals surface area contributed by atoms with Crippen molar-refractivity contribution in [3.8, 4) is 0 Å². The van der Waals surface area contributed by atoms with Crippen LogP contribution in [0.2, 0.25) is 0 Å². The van der Waals surface area contributed by atoms with Crippen molar-refractivity contribution >= 4 is 15.9 Å². The first-order valence-electron chi connectivity index (χ1n) is 5.51. The fourth-order valence-electron chi connectivity index (χ4n) is 1.45. The molecule has 0 aromatic heterocycles. The second kappa shape index (κ2) is 9.94. The second-order valence-corrected chi connectivity index (χ2v) is 4.67. The molecule has 0 radical (unpaired) electrons. The standard InChI is InChI=1S/C11H24BrNO/c1-11(2)13(9-6-7-12)8-4-5-10-14-3/h11H,4-10H2,1-3H3. The molecule has 0 saturated carbocycles. The van der Waals surface area contributed by atoms with Gasteiger partial charge in [-0.25, -0.2) is 0 Å². The molecule has 0 unspecified atom stereocenters. The van der Waals surface area contributed by atoms with Gasteiger partial charge in [-0.1, -0.05) is 15.9 Å². The van der Waals surface area contributed by atoms with Crippen molar-refractivity contribution in [1.29, 1.82) is 0 Å². The Morgan fingerprint density at radius 2 is 1.79 bits per heavy atom. The topological polar surface area (TPSA) is 12.5 Å². The van der Waals surface area contributed by atoms with Gasteiger partial charge in [0.05, 0.1) is 0 Å². The first kappa shape index (κ1) is 14.4. The molecular formula is C11H24BrNO. The molecule has 86 valence electrons. The van der Waals surface area contributed by atoms with Crippen LogP contribution < -0.4 is 0 Å². The first-order valence-corrected chi connectivity index (χ1v) is 6.63. The number of ether oxygens (including phenoxy) is 1. The largest absolute Gasteiger partial charge is 0.385 e. The molecule has 0 atom stereocenters. The molecule has 3 heteroatoms. The maximum absolute atomic E-state index is 5.04. The fourth-order valence-corrected chi connectivity index (χ4v) is 1.70. The van der Waals surface area contributed by atoms with Gasteiger partial charge in [-0.05, 0) is 46.2 Å². The van der Waals surface area contributed by atoms with Crippen molar-refractivity contribution in [3.63, 3.8) is 0 Å². The highest BCUT2D eigenvalue weighted by molar-refractivity contribution is 9.09. The van der Waals surface area contributed by atoms with Gasteiger partial charge in [0.2, 0.25) is 0 Å². The minimum atomic E-state index is 0.664. The van der Waals surface area contributed by atoms with Gasteiger partial charge in [-0.3, -0.25) is 0 Å². The summed E-state index contributed by atoms with van der Waals surface area (Å²) in [5.74, 6) is 0. The molecule has 2 nitrogen and oxygen atoms in total. The summed E-state index contributed by atoms with van der Waals surface area (Å²) in [6, 6.07) is 0.664. The summed E-state index contributed by atoms with van der Waals surface area (Å²) in [6.45, 7) is 7.84. The minimum absolute atomic E-state index is 0.664. The van der Waals surface area contributed by atoms with Gasteiger partial charge in [0.25, 0.3) is 0 Å². The van der Waals surface area contributed by atoms with Crippen molar-refractivity contribution in [1.82, 2.24) is 4.90 Å². The zero-order chi connectivity index (χ0) is 10.8. The van der Waals surface area contributed by atoms with Crippen LogP contribution in [0.15, 0.2) is 0 Å². The zero-order valence-electron chi connectivity index (χ0n) is 9.76. The van der Waals surface area contributed by atoms with E-state index < -0.39 is 0 Å². The van der Waals surface area contributed by atoms with E-state index in [2.05, 4.69) is 34.7 Å². The van der Waals surface area contributed by atoms with Crippen LogP contribution >= 0.6 is 15.9 Å². The molecule has 0 N–H and O–H groups in total. The Bertz CT molecular complexity index is 120. The molecular weight excluding hydrogens is 242 g/mol. The number of halogens is 1. The lowest BCUT2D eigenvalue weighted by Gasteiger charge is -2.26. The van der Waals surface area contributed by atoms with Crippen LogP contribution in [0.4, 0.5) is 0 Å². The van der Waals surface area contributed by atoms with E-state index in [1.54, 1.807) is 7.11 Å². The summed E-state index contributed by atoms with van der Waals surface area (Å²) in [4.78, 5) is 2.54. The maximum Gasteiger partial charge on any atom is 0.0462 e. The Labute approximate surface area is 97.1 Å². The van der Waals surface area contributed by atoms with Crippen LogP contribution in [0, 0.1) is 0 Å². The van der Waals surface area contributed by atoms with E-state index in [4.69, 9.17) is 4.74 Å². The van der Waals surface area contributed by atoms with Crippen LogP contribution in [-0.4, -0.2) is 43.1 Å². The number of unbranched alkanes of at least 4 members (excludes halogenated alkanes) is 1. The van der Waals surface area contributed by atoms with Gasteiger partial charge >= 0.3 is 0 Å². The SMILES string of the molecule is COCCCCN(CCCBr)C(C)C. The van der Waals surface area contributed by atoms with Crippen molar-refractivity contribution in [2.45, 2.75) is 39.2 Å². The Balaban J connectivity index is 3.52. The summed E-state index contributed by atoms with van der Waals surface area (Å²) < 4.78 is 5.04. The molecule has 0 aromatic carbocycles. The average molecular weight is 266 g/mol. The van der Waals surface area contributed by atoms with Crippen LogP contribution in [0.5, 0.6) is 0 Å². The lowest BCUT2D eigenvalue weighted by atomic mass is 10.2. The van der Waals surface area contributed by atoms with E-state index >= 15 is 0 Å². The lowest BCUT2D eigenvalue weighted by Crippen LogP contribution is -2.33. The molecule has 0 saturated heterocycles. The first-order chi connectivity index (χ1) is 6.72. The monoisotopic (exact) mass is 265 g/mol. The Hall–Kier alpha value is 0.400. The molecule has 0 bridgehead atoms. The average Bonchev–Trinajstić information content (AvgIpc) is 2.16. The number of alkyl halides is 1. The van der Waals surface area contributed by atoms with Crippen molar-refractivity contribution < 1.29 is 4.74 Å². The third-order valence-corrected chi connectivity index (χ3v) is 2.91. The molecule has 0 rings (SSSR count). The third kappa shape index (κ3) is 7.77. The molecule has 0 heterocycles. The fraction of sp³-hybridized carbons (Fsp3) is 1.00. The summed E-state index contributed by atoms with van der Waals surface area (Å²) in [5.41, 5.74) is 0. The predicted molar refractivity (Wildman–Crippen MR) is 66.2 cm³/mol. The van der Waals surface area contributed by atoms with E-state index in [0.29, 0.717) is 6.04 Å². The summed E-state index contributed by atoms with van der Waals surface area (Å²) in [5, 5.41) is 1.11. The van der Waals surface area contributed by atoms with E-state index in [1.807, 2.05) is 0 Å². The molecule has 0 amide bonds. The molecule has 14 heavy (non-hydrogen) atoms. The second-order valence-electron chi connectivity index (χ2n) is 3.87. The molecule has 0 aliphatic rings. The highest BCUT2D eigenvalue weighted by atomic mass is 79.9. The number of nitrogens with zero attached hydrogens (tertiary/aromatic N) is 1. The Kier molecular flexibility index (Phi) is 10.2. The van der Waals surface area contributed by atoms with Crippen molar-refractivity contribution in [2.75, 3.05) is 32.1 Å². The number of methoxy groups -OCH3 is 1. The quantitative estimate of drug-likeness (QED) is 0.470. The van der Waals surface area contributed by atoms with Crippen LogP contribution in [-0.2, 0) is 4.74 Å². The molecule has 0 fully saturated rings. The Morgan fingerprint density at radius 3 is 2.29 bits per heavy atom. The lowest BCUT2D eigenvalue weighted by molar-refractivity contribution is 0.175. The third-order valence-electron chi connectivity index (χ3n) is 2.35. The molecule has 0 spiro atoms. The summed E-state index contributed by atoms with van der Waals surface area (Å²) in [7, 11) is 1.77. The number of hydrogen-bond acceptors (Lipinski definition) is 2. The van der Waals surface area contributed by atoms with E-state index in [1.165, 1.54) is 32.4 Å². The minimum Gasteiger partial charge on any atom is -0.385 e.